The highest BCUT2D eigenvalue weighted by atomic mass is 16.1. The maximum atomic E-state index is 11.0. The van der Waals surface area contributed by atoms with E-state index in [0.29, 0.717) is 11.6 Å². The molecule has 1 amide bonds. The second kappa shape index (κ2) is 6.52. The zero-order valence-electron chi connectivity index (χ0n) is 11.4. The topological polar surface area (TPSA) is 71.2 Å². The molecule has 5 nitrogen and oxygen atoms in total. The fourth-order valence-electron chi connectivity index (χ4n) is 2.45. The minimum Gasteiger partial charge on any atom is -0.366 e. The lowest BCUT2D eigenvalue weighted by atomic mass is 10.0. The standard InChI is InChI=1S/C14H22N4O/c1-2-18(10-12-5-3-4-8-16-12)13-7-6-11(9-17-13)14(15)19/h6-7,9,12,16H,2-5,8,10H2,1H3,(H2,15,19). The van der Waals surface area contributed by atoms with Crippen LogP contribution in [0, 0.1) is 0 Å². The molecule has 1 aliphatic heterocycles. The van der Waals surface area contributed by atoms with Crippen LogP contribution in [-0.4, -0.2) is 36.6 Å². The number of hydrogen-bond donors (Lipinski definition) is 2. The summed E-state index contributed by atoms with van der Waals surface area (Å²) in [6, 6.07) is 4.14. The van der Waals surface area contributed by atoms with E-state index in [2.05, 4.69) is 22.1 Å². The van der Waals surface area contributed by atoms with Gasteiger partial charge in [-0.05, 0) is 38.4 Å². The van der Waals surface area contributed by atoms with Gasteiger partial charge in [0.25, 0.3) is 0 Å². The van der Waals surface area contributed by atoms with Gasteiger partial charge in [-0.25, -0.2) is 4.98 Å². The Kier molecular flexibility index (Phi) is 4.74. The number of pyridine rings is 1. The van der Waals surface area contributed by atoms with Crippen molar-refractivity contribution in [3.63, 3.8) is 0 Å². The number of hydrogen-bond acceptors (Lipinski definition) is 4. The van der Waals surface area contributed by atoms with Crippen LogP contribution >= 0.6 is 0 Å². The van der Waals surface area contributed by atoms with Crippen molar-refractivity contribution in [3.05, 3.63) is 23.9 Å². The van der Waals surface area contributed by atoms with Gasteiger partial charge in [-0.1, -0.05) is 6.42 Å². The number of primary amides is 1. The molecule has 1 fully saturated rings. The average molecular weight is 262 g/mol. The zero-order chi connectivity index (χ0) is 13.7. The Morgan fingerprint density at radius 2 is 2.37 bits per heavy atom. The Morgan fingerprint density at radius 3 is 2.89 bits per heavy atom. The third-order valence-electron chi connectivity index (χ3n) is 3.59. The first-order valence-electron chi connectivity index (χ1n) is 6.95. The maximum absolute atomic E-state index is 11.0. The molecule has 1 unspecified atom stereocenters. The van der Waals surface area contributed by atoms with Crippen LogP contribution in [0.1, 0.15) is 36.5 Å². The van der Waals surface area contributed by atoms with Crippen LogP contribution in [0.3, 0.4) is 0 Å². The van der Waals surface area contributed by atoms with Gasteiger partial charge in [0.2, 0.25) is 5.91 Å². The summed E-state index contributed by atoms with van der Waals surface area (Å²) >= 11 is 0. The molecule has 5 heteroatoms. The van der Waals surface area contributed by atoms with Gasteiger partial charge in [-0.2, -0.15) is 0 Å². The molecule has 0 bridgehead atoms. The Balaban J connectivity index is 2.01. The van der Waals surface area contributed by atoms with Crippen LogP contribution in [0.25, 0.3) is 0 Å². The van der Waals surface area contributed by atoms with Gasteiger partial charge in [-0.3, -0.25) is 4.79 Å². The summed E-state index contributed by atoms with van der Waals surface area (Å²) in [5, 5.41) is 3.54. The Labute approximate surface area is 114 Å². The van der Waals surface area contributed by atoms with Crippen LogP contribution in [0.2, 0.25) is 0 Å². The van der Waals surface area contributed by atoms with Crippen LogP contribution < -0.4 is 16.0 Å². The number of piperidine rings is 1. The highest BCUT2D eigenvalue weighted by Crippen LogP contribution is 2.14. The van der Waals surface area contributed by atoms with Gasteiger partial charge < -0.3 is 16.0 Å². The second-order valence-corrected chi connectivity index (χ2v) is 4.95. The molecule has 1 aromatic heterocycles. The number of aromatic nitrogens is 1. The van der Waals surface area contributed by atoms with Crippen LogP contribution in [0.4, 0.5) is 5.82 Å². The number of rotatable bonds is 5. The highest BCUT2D eigenvalue weighted by Gasteiger charge is 2.16. The minimum absolute atomic E-state index is 0.434. The highest BCUT2D eigenvalue weighted by molar-refractivity contribution is 5.92. The van der Waals surface area contributed by atoms with Gasteiger partial charge in [0.15, 0.2) is 0 Å². The van der Waals surface area contributed by atoms with Gasteiger partial charge in [0.05, 0.1) is 5.56 Å². The largest absolute Gasteiger partial charge is 0.366 e. The number of anilines is 1. The molecule has 0 spiro atoms. The Hall–Kier alpha value is -1.62. The monoisotopic (exact) mass is 262 g/mol. The molecular formula is C14H22N4O. The lowest BCUT2D eigenvalue weighted by Gasteiger charge is -2.30. The van der Waals surface area contributed by atoms with Crippen molar-refractivity contribution in [1.82, 2.24) is 10.3 Å². The summed E-state index contributed by atoms with van der Waals surface area (Å²) in [5.74, 6) is 0.468. The van der Waals surface area contributed by atoms with E-state index in [1.165, 1.54) is 19.3 Å². The van der Waals surface area contributed by atoms with Crippen molar-refractivity contribution in [2.24, 2.45) is 5.73 Å². The predicted molar refractivity (Wildman–Crippen MR) is 76.3 cm³/mol. The second-order valence-electron chi connectivity index (χ2n) is 4.95. The van der Waals surface area contributed by atoms with Crippen molar-refractivity contribution >= 4 is 11.7 Å². The van der Waals surface area contributed by atoms with Crippen molar-refractivity contribution in [3.8, 4) is 0 Å². The first-order valence-corrected chi connectivity index (χ1v) is 6.95. The SMILES string of the molecule is CCN(CC1CCCCN1)c1ccc(C(N)=O)cn1. The first kappa shape index (κ1) is 13.8. The lowest BCUT2D eigenvalue weighted by molar-refractivity contribution is 0.1000. The zero-order valence-corrected chi connectivity index (χ0v) is 11.4. The number of nitrogens with one attached hydrogen (secondary N) is 1. The van der Waals surface area contributed by atoms with Crippen molar-refractivity contribution in [1.29, 1.82) is 0 Å². The van der Waals surface area contributed by atoms with E-state index in [4.69, 9.17) is 5.73 Å². The van der Waals surface area contributed by atoms with Crippen LogP contribution in [-0.2, 0) is 0 Å². The van der Waals surface area contributed by atoms with E-state index in [9.17, 15) is 4.79 Å². The van der Waals surface area contributed by atoms with Gasteiger partial charge >= 0.3 is 0 Å². The van der Waals surface area contributed by atoms with Crippen LogP contribution in [0.5, 0.6) is 0 Å². The van der Waals surface area contributed by atoms with Crippen molar-refractivity contribution < 1.29 is 4.79 Å². The van der Waals surface area contributed by atoms with E-state index < -0.39 is 5.91 Å². The number of carbonyl (C=O) groups is 1. The van der Waals surface area contributed by atoms with Crippen molar-refractivity contribution in [2.45, 2.75) is 32.2 Å². The fraction of sp³-hybridized carbons (Fsp3) is 0.571. The molecular weight excluding hydrogens is 240 g/mol. The summed E-state index contributed by atoms with van der Waals surface area (Å²) in [4.78, 5) is 17.6. The Bertz CT molecular complexity index is 412. The first-order chi connectivity index (χ1) is 9.20. The number of nitrogens with two attached hydrogens (primary N) is 1. The molecule has 1 aromatic rings. The summed E-state index contributed by atoms with van der Waals surface area (Å²) in [6.07, 6.45) is 5.34. The maximum Gasteiger partial charge on any atom is 0.250 e. The fourth-order valence-corrected chi connectivity index (χ4v) is 2.45. The summed E-state index contributed by atoms with van der Waals surface area (Å²) < 4.78 is 0. The molecule has 1 aliphatic rings. The predicted octanol–water partition coefficient (Wildman–Crippen LogP) is 1.15. The molecule has 3 N–H and O–H groups in total. The van der Waals surface area contributed by atoms with E-state index in [1.807, 2.05) is 6.07 Å². The molecule has 0 aromatic carbocycles. The lowest BCUT2D eigenvalue weighted by Crippen LogP contribution is -2.44. The van der Waals surface area contributed by atoms with E-state index in [1.54, 1.807) is 12.3 Å². The number of likely N-dealkylation sites (N-methyl/N-ethyl adjacent to an activating group) is 1. The summed E-state index contributed by atoms with van der Waals surface area (Å²) in [6.45, 7) is 5.09. The normalized spacial score (nSPS) is 19.1. The average Bonchev–Trinajstić information content (AvgIpc) is 2.46. The summed E-state index contributed by atoms with van der Waals surface area (Å²) in [7, 11) is 0. The Morgan fingerprint density at radius 1 is 1.53 bits per heavy atom. The van der Waals surface area contributed by atoms with Crippen LogP contribution in [0.15, 0.2) is 18.3 Å². The van der Waals surface area contributed by atoms with Gasteiger partial charge in [0, 0.05) is 25.3 Å². The molecule has 0 saturated carbocycles. The number of amides is 1. The quantitative estimate of drug-likeness (QED) is 0.835. The molecule has 2 heterocycles. The molecule has 1 saturated heterocycles. The molecule has 0 radical (unpaired) electrons. The third-order valence-corrected chi connectivity index (χ3v) is 3.59. The minimum atomic E-state index is -0.434. The number of carbonyl (C=O) groups excluding carboxylic acids is 1. The van der Waals surface area contributed by atoms with Gasteiger partial charge in [-0.15, -0.1) is 0 Å². The van der Waals surface area contributed by atoms with E-state index in [-0.39, 0.29) is 0 Å². The smallest absolute Gasteiger partial charge is 0.250 e. The van der Waals surface area contributed by atoms with E-state index in [0.717, 1.165) is 25.5 Å². The van der Waals surface area contributed by atoms with E-state index >= 15 is 0 Å². The molecule has 19 heavy (non-hydrogen) atoms. The van der Waals surface area contributed by atoms with Crippen molar-refractivity contribution in [2.75, 3.05) is 24.5 Å². The molecule has 1 atom stereocenters. The number of nitrogens with zero attached hydrogens (tertiary/aromatic N) is 2. The third kappa shape index (κ3) is 3.67. The molecule has 0 aliphatic carbocycles. The molecule has 2 rings (SSSR count). The summed E-state index contributed by atoms with van der Waals surface area (Å²) in [5.41, 5.74) is 5.67. The van der Waals surface area contributed by atoms with Gasteiger partial charge in [0.1, 0.15) is 5.82 Å². The molecule has 104 valence electrons.